The van der Waals surface area contributed by atoms with Crippen molar-refractivity contribution in [2.24, 2.45) is 29.6 Å². The Kier molecular flexibility index (Phi) is 5.90. The number of benzene rings is 1. The molecule has 1 aromatic carbocycles. The van der Waals surface area contributed by atoms with Gasteiger partial charge in [-0.3, -0.25) is 4.79 Å². The normalized spacial score (nSPS) is 32.0. The number of nitrogens with one attached hydrogen (secondary N) is 1. The van der Waals surface area contributed by atoms with Crippen LogP contribution in [0.4, 0.5) is 0 Å². The maximum atomic E-state index is 13.3. The number of nitrogens with zero attached hydrogens (tertiary/aromatic N) is 1. The average molecular weight is 411 g/mol. The van der Waals surface area contributed by atoms with Crippen molar-refractivity contribution in [3.8, 4) is 0 Å². The summed E-state index contributed by atoms with van der Waals surface area (Å²) in [6, 6.07) is 9.62. The van der Waals surface area contributed by atoms with Gasteiger partial charge in [-0.15, -0.1) is 0 Å². The Morgan fingerprint density at radius 2 is 1.60 bits per heavy atom. The molecule has 164 valence electrons. The molecule has 0 aromatic heterocycles. The molecule has 0 spiro atoms. The molecule has 0 radical (unpaired) electrons. The van der Waals surface area contributed by atoms with Crippen LogP contribution in [0.2, 0.25) is 0 Å². The zero-order valence-electron chi connectivity index (χ0n) is 18.3. The summed E-state index contributed by atoms with van der Waals surface area (Å²) in [6.45, 7) is 4.45. The Morgan fingerprint density at radius 1 is 0.967 bits per heavy atom. The van der Waals surface area contributed by atoms with Crippen molar-refractivity contribution < 1.29 is 9.90 Å². The first-order valence-electron chi connectivity index (χ1n) is 12.4. The second-order valence-corrected chi connectivity index (χ2v) is 10.5. The number of piperidine rings is 1. The van der Waals surface area contributed by atoms with Crippen LogP contribution in [-0.4, -0.2) is 42.1 Å². The van der Waals surface area contributed by atoms with E-state index < -0.39 is 5.60 Å². The number of carbonyl (C=O) groups excluding carboxylic acids is 1. The van der Waals surface area contributed by atoms with Gasteiger partial charge >= 0.3 is 0 Å². The topological polar surface area (TPSA) is 52.6 Å². The minimum Gasteiger partial charge on any atom is -0.375 e. The van der Waals surface area contributed by atoms with Gasteiger partial charge in [0.15, 0.2) is 5.60 Å². The van der Waals surface area contributed by atoms with Gasteiger partial charge < -0.3 is 15.3 Å². The van der Waals surface area contributed by atoms with Gasteiger partial charge in [0.2, 0.25) is 0 Å². The summed E-state index contributed by atoms with van der Waals surface area (Å²) in [5.41, 5.74) is -0.626. The lowest BCUT2D eigenvalue weighted by molar-refractivity contribution is -0.147. The minimum absolute atomic E-state index is 0.0320. The summed E-state index contributed by atoms with van der Waals surface area (Å²) in [7, 11) is 0. The summed E-state index contributed by atoms with van der Waals surface area (Å²) < 4.78 is 0. The van der Waals surface area contributed by atoms with Gasteiger partial charge in [-0.1, -0.05) is 62.4 Å². The van der Waals surface area contributed by atoms with Gasteiger partial charge in [0, 0.05) is 32.1 Å². The van der Waals surface area contributed by atoms with Gasteiger partial charge in [-0.2, -0.15) is 0 Å². The van der Waals surface area contributed by atoms with E-state index in [0.717, 1.165) is 55.5 Å². The van der Waals surface area contributed by atoms with Crippen LogP contribution >= 0.6 is 0 Å². The van der Waals surface area contributed by atoms with Crippen molar-refractivity contribution in [3.63, 3.8) is 0 Å². The van der Waals surface area contributed by atoms with Gasteiger partial charge in [0.05, 0.1) is 0 Å². The van der Waals surface area contributed by atoms with Crippen LogP contribution in [-0.2, 0) is 10.4 Å². The summed E-state index contributed by atoms with van der Waals surface area (Å²) in [6.07, 6.45) is 11.2. The molecular formula is C26H38N2O2. The number of hydrogen-bond donors (Lipinski definition) is 2. The Bertz CT molecular complexity index is 714. The molecule has 4 nitrogen and oxygen atoms in total. The summed E-state index contributed by atoms with van der Waals surface area (Å²) in [5, 5.41) is 14.8. The molecule has 2 N–H and O–H groups in total. The molecule has 1 aliphatic heterocycles. The molecule has 1 amide bonds. The lowest BCUT2D eigenvalue weighted by Gasteiger charge is -2.33. The van der Waals surface area contributed by atoms with Crippen molar-refractivity contribution in [2.75, 3.05) is 26.2 Å². The molecular weight excluding hydrogens is 372 g/mol. The third-order valence-electron chi connectivity index (χ3n) is 8.69. The van der Waals surface area contributed by atoms with Gasteiger partial charge in [-0.25, -0.2) is 0 Å². The lowest BCUT2D eigenvalue weighted by Crippen LogP contribution is -2.49. The smallest absolute Gasteiger partial charge is 0.256 e. The van der Waals surface area contributed by atoms with Crippen molar-refractivity contribution >= 4 is 5.91 Å². The molecule has 0 bridgehead atoms. The minimum atomic E-state index is -1.38. The maximum absolute atomic E-state index is 13.3. The Labute approximate surface area is 181 Å². The van der Waals surface area contributed by atoms with E-state index in [1.807, 2.05) is 30.3 Å². The number of carbonyl (C=O) groups is 1. The van der Waals surface area contributed by atoms with Crippen LogP contribution in [0.25, 0.3) is 0 Å². The van der Waals surface area contributed by atoms with Crippen LogP contribution in [0.5, 0.6) is 0 Å². The van der Waals surface area contributed by atoms with Crippen LogP contribution < -0.4 is 5.32 Å². The molecule has 4 aliphatic rings. The standard InChI is InChI=1S/C26H38N2O2/c29-25(26(30,21-13-7-8-14-21)20-11-5-2-6-12-20)27-15-22-23-17-28(18-24(22)23)16-19-9-3-1-4-10-19/h2,5-6,11-12,19,21-24,30H,1,3-4,7-10,13-18H2,(H,27,29)/t22?,23-,24?,26-/m1/s1. The van der Waals surface area contributed by atoms with E-state index in [1.165, 1.54) is 51.7 Å². The zero-order chi connectivity index (χ0) is 20.6. The molecule has 1 aromatic rings. The SMILES string of the molecule is O=C(NCC1C2CN(CC3CCCCC3)C[C@H]12)[C@@](O)(c1ccccc1)C1CCCC1. The number of rotatable bonds is 7. The van der Waals surface area contributed by atoms with Gasteiger partial charge in [0.1, 0.15) is 0 Å². The molecule has 4 atom stereocenters. The van der Waals surface area contributed by atoms with E-state index in [1.54, 1.807) is 0 Å². The molecule has 4 heteroatoms. The molecule has 4 fully saturated rings. The van der Waals surface area contributed by atoms with E-state index in [0.29, 0.717) is 5.92 Å². The van der Waals surface area contributed by atoms with Gasteiger partial charge in [0.25, 0.3) is 5.91 Å². The van der Waals surface area contributed by atoms with E-state index >= 15 is 0 Å². The second kappa shape index (κ2) is 8.63. The Balaban J connectivity index is 1.14. The molecule has 2 unspecified atom stereocenters. The van der Waals surface area contributed by atoms with Crippen molar-refractivity contribution in [2.45, 2.75) is 63.4 Å². The number of amides is 1. The number of likely N-dealkylation sites (tertiary alicyclic amines) is 1. The van der Waals surface area contributed by atoms with Crippen LogP contribution in [0.1, 0.15) is 63.4 Å². The van der Waals surface area contributed by atoms with Gasteiger partial charge in [-0.05, 0) is 54.9 Å². The highest BCUT2D eigenvalue weighted by Crippen LogP contribution is 2.51. The fourth-order valence-electron chi connectivity index (χ4n) is 6.86. The third kappa shape index (κ3) is 3.93. The van der Waals surface area contributed by atoms with Crippen LogP contribution in [0.15, 0.2) is 30.3 Å². The molecule has 1 heterocycles. The van der Waals surface area contributed by atoms with Crippen molar-refractivity contribution in [1.29, 1.82) is 0 Å². The Morgan fingerprint density at radius 3 is 2.27 bits per heavy atom. The number of aliphatic hydroxyl groups is 1. The molecule has 3 aliphatic carbocycles. The van der Waals surface area contributed by atoms with E-state index in [4.69, 9.17) is 0 Å². The highest BCUT2D eigenvalue weighted by molar-refractivity contribution is 5.86. The molecule has 5 rings (SSSR count). The second-order valence-electron chi connectivity index (χ2n) is 10.5. The zero-order valence-corrected chi connectivity index (χ0v) is 18.3. The highest BCUT2D eigenvalue weighted by atomic mass is 16.3. The molecule has 3 saturated carbocycles. The summed E-state index contributed by atoms with van der Waals surface area (Å²) >= 11 is 0. The van der Waals surface area contributed by atoms with Crippen LogP contribution in [0.3, 0.4) is 0 Å². The number of fused-ring (bicyclic) bond motifs is 1. The lowest BCUT2D eigenvalue weighted by atomic mass is 9.79. The molecule has 1 saturated heterocycles. The first-order chi connectivity index (χ1) is 14.7. The predicted molar refractivity (Wildman–Crippen MR) is 119 cm³/mol. The van der Waals surface area contributed by atoms with E-state index in [-0.39, 0.29) is 11.8 Å². The Hall–Kier alpha value is -1.39. The van der Waals surface area contributed by atoms with E-state index in [2.05, 4.69) is 10.2 Å². The first kappa shape index (κ1) is 20.5. The highest BCUT2D eigenvalue weighted by Gasteiger charge is 2.56. The predicted octanol–water partition coefficient (Wildman–Crippen LogP) is 3.94. The maximum Gasteiger partial charge on any atom is 0.256 e. The van der Waals surface area contributed by atoms with Crippen LogP contribution in [0, 0.1) is 29.6 Å². The first-order valence-corrected chi connectivity index (χ1v) is 12.4. The summed E-state index contributed by atoms with van der Waals surface area (Å²) in [5.74, 6) is 2.89. The fraction of sp³-hybridized carbons (Fsp3) is 0.731. The fourth-order valence-corrected chi connectivity index (χ4v) is 6.86. The molecule has 30 heavy (non-hydrogen) atoms. The van der Waals surface area contributed by atoms with Crippen molar-refractivity contribution in [3.05, 3.63) is 35.9 Å². The largest absolute Gasteiger partial charge is 0.375 e. The monoisotopic (exact) mass is 410 g/mol. The quantitative estimate of drug-likeness (QED) is 0.716. The third-order valence-corrected chi connectivity index (χ3v) is 8.69. The average Bonchev–Trinajstić information content (AvgIpc) is 3.17. The van der Waals surface area contributed by atoms with E-state index in [9.17, 15) is 9.90 Å². The van der Waals surface area contributed by atoms with Crippen molar-refractivity contribution in [1.82, 2.24) is 10.2 Å². The summed E-state index contributed by atoms with van der Waals surface area (Å²) in [4.78, 5) is 15.9. The number of hydrogen-bond acceptors (Lipinski definition) is 3.